The van der Waals surface area contributed by atoms with Crippen LogP contribution in [0.2, 0.25) is 0 Å². The van der Waals surface area contributed by atoms with Gasteiger partial charge in [-0.05, 0) is 18.8 Å². The van der Waals surface area contributed by atoms with Crippen molar-refractivity contribution in [1.82, 2.24) is 5.32 Å². The third-order valence-electron chi connectivity index (χ3n) is 2.78. The van der Waals surface area contributed by atoms with Gasteiger partial charge in [0.1, 0.15) is 6.04 Å². The largest absolute Gasteiger partial charge is 0.467 e. The second-order valence-electron chi connectivity index (χ2n) is 5.03. The van der Waals surface area contributed by atoms with Crippen molar-refractivity contribution in [3.05, 3.63) is 0 Å². The van der Waals surface area contributed by atoms with Crippen LogP contribution in [-0.4, -0.2) is 31.8 Å². The van der Waals surface area contributed by atoms with Gasteiger partial charge in [-0.3, -0.25) is 0 Å². The van der Waals surface area contributed by atoms with Crippen molar-refractivity contribution in [2.45, 2.75) is 58.9 Å². The molecular formula is C14H27NO4. The lowest BCUT2D eigenvalue weighted by molar-refractivity contribution is -0.143. The lowest BCUT2D eigenvalue weighted by Crippen LogP contribution is -2.41. The van der Waals surface area contributed by atoms with Crippen LogP contribution in [0.4, 0.5) is 4.79 Å². The topological polar surface area (TPSA) is 64.6 Å². The summed E-state index contributed by atoms with van der Waals surface area (Å²) in [5, 5.41) is 2.56. The van der Waals surface area contributed by atoms with E-state index in [1.54, 1.807) is 0 Å². The molecule has 0 fully saturated rings. The molecule has 112 valence electrons. The Hall–Kier alpha value is -1.26. The SMILES string of the molecule is CCCCOC(=O)NC(CCCC(C)C)C(=O)OC. The third kappa shape index (κ3) is 9.33. The molecule has 1 atom stereocenters. The molecular weight excluding hydrogens is 246 g/mol. The number of amides is 1. The number of carbonyl (C=O) groups is 2. The molecule has 0 aliphatic heterocycles. The smallest absolute Gasteiger partial charge is 0.407 e. The van der Waals surface area contributed by atoms with E-state index in [1.807, 2.05) is 6.92 Å². The third-order valence-corrected chi connectivity index (χ3v) is 2.78. The number of rotatable bonds is 9. The van der Waals surface area contributed by atoms with Crippen LogP contribution in [0, 0.1) is 5.92 Å². The Morgan fingerprint density at radius 2 is 1.84 bits per heavy atom. The minimum Gasteiger partial charge on any atom is -0.467 e. The summed E-state index contributed by atoms with van der Waals surface area (Å²) in [5.74, 6) is 0.158. The summed E-state index contributed by atoms with van der Waals surface area (Å²) in [5.41, 5.74) is 0. The number of nitrogens with one attached hydrogen (secondary N) is 1. The molecule has 0 bridgehead atoms. The normalized spacial score (nSPS) is 12.1. The summed E-state index contributed by atoms with van der Waals surface area (Å²) >= 11 is 0. The highest BCUT2D eigenvalue weighted by Gasteiger charge is 2.21. The summed E-state index contributed by atoms with van der Waals surface area (Å²) in [6.07, 6.45) is 3.69. The Kier molecular flexibility index (Phi) is 9.94. The van der Waals surface area contributed by atoms with Crippen LogP contribution in [0.1, 0.15) is 52.9 Å². The highest BCUT2D eigenvalue weighted by atomic mass is 16.6. The predicted octanol–water partition coefficient (Wildman–Crippen LogP) is 2.88. The van der Waals surface area contributed by atoms with Gasteiger partial charge >= 0.3 is 12.1 Å². The lowest BCUT2D eigenvalue weighted by atomic mass is 10.0. The first kappa shape index (κ1) is 17.7. The molecule has 0 heterocycles. The van der Waals surface area contributed by atoms with Crippen LogP contribution < -0.4 is 5.32 Å². The average molecular weight is 273 g/mol. The van der Waals surface area contributed by atoms with E-state index in [4.69, 9.17) is 4.74 Å². The lowest BCUT2D eigenvalue weighted by Gasteiger charge is -2.16. The summed E-state index contributed by atoms with van der Waals surface area (Å²) in [4.78, 5) is 23.1. The fourth-order valence-corrected chi connectivity index (χ4v) is 1.61. The van der Waals surface area contributed by atoms with E-state index < -0.39 is 18.1 Å². The standard InChI is InChI=1S/C14H27NO4/c1-5-6-10-19-14(17)15-12(13(16)18-4)9-7-8-11(2)3/h11-12H,5-10H2,1-4H3,(H,15,17). The number of unbranched alkanes of at least 4 members (excludes halogenated alkanes) is 1. The van der Waals surface area contributed by atoms with E-state index in [0.29, 0.717) is 18.9 Å². The monoisotopic (exact) mass is 273 g/mol. The Bertz CT molecular complexity index is 266. The summed E-state index contributed by atoms with van der Waals surface area (Å²) in [6, 6.07) is -0.613. The number of methoxy groups -OCH3 is 1. The molecule has 0 aromatic heterocycles. The Labute approximate surface area is 116 Å². The van der Waals surface area contributed by atoms with Crippen LogP contribution in [-0.2, 0) is 14.3 Å². The second-order valence-corrected chi connectivity index (χ2v) is 5.03. The number of hydrogen-bond donors (Lipinski definition) is 1. The summed E-state index contributed by atoms with van der Waals surface area (Å²) < 4.78 is 9.66. The van der Waals surface area contributed by atoms with Gasteiger partial charge < -0.3 is 14.8 Å². The van der Waals surface area contributed by atoms with Crippen LogP contribution in [0.5, 0.6) is 0 Å². The molecule has 0 aliphatic carbocycles. The molecule has 0 aliphatic rings. The van der Waals surface area contributed by atoms with Crippen LogP contribution >= 0.6 is 0 Å². The first-order valence-electron chi connectivity index (χ1n) is 7.02. The molecule has 0 rings (SSSR count). The van der Waals surface area contributed by atoms with Crippen LogP contribution in [0.15, 0.2) is 0 Å². The van der Waals surface area contributed by atoms with Gasteiger partial charge in [-0.25, -0.2) is 9.59 Å². The molecule has 19 heavy (non-hydrogen) atoms. The molecule has 1 amide bonds. The molecule has 0 spiro atoms. The van der Waals surface area contributed by atoms with Crippen molar-refractivity contribution < 1.29 is 19.1 Å². The maximum atomic E-state index is 11.6. The van der Waals surface area contributed by atoms with Crippen LogP contribution in [0.3, 0.4) is 0 Å². The number of esters is 1. The minimum atomic E-state index is -0.613. The van der Waals surface area contributed by atoms with Crippen LogP contribution in [0.25, 0.3) is 0 Å². The first-order valence-corrected chi connectivity index (χ1v) is 7.02. The fourth-order valence-electron chi connectivity index (χ4n) is 1.61. The molecule has 5 heteroatoms. The fraction of sp³-hybridized carbons (Fsp3) is 0.857. The van der Waals surface area contributed by atoms with Gasteiger partial charge in [0.15, 0.2) is 0 Å². The molecule has 5 nitrogen and oxygen atoms in total. The highest BCUT2D eigenvalue weighted by molar-refractivity contribution is 5.81. The predicted molar refractivity (Wildman–Crippen MR) is 73.9 cm³/mol. The zero-order valence-electron chi connectivity index (χ0n) is 12.5. The van der Waals surface area contributed by atoms with Crippen molar-refractivity contribution in [3.63, 3.8) is 0 Å². The van der Waals surface area contributed by atoms with E-state index in [9.17, 15) is 9.59 Å². The second kappa shape index (κ2) is 10.6. The van der Waals surface area contributed by atoms with Gasteiger partial charge in [0.05, 0.1) is 13.7 Å². The quantitative estimate of drug-likeness (QED) is 0.518. The Morgan fingerprint density at radius 3 is 2.37 bits per heavy atom. The highest BCUT2D eigenvalue weighted by Crippen LogP contribution is 2.09. The van der Waals surface area contributed by atoms with Gasteiger partial charge in [0, 0.05) is 0 Å². The minimum absolute atomic E-state index is 0.377. The zero-order valence-corrected chi connectivity index (χ0v) is 12.5. The maximum absolute atomic E-state index is 11.6. The molecule has 0 saturated heterocycles. The van der Waals surface area contributed by atoms with Crippen molar-refractivity contribution >= 4 is 12.1 Å². The Balaban J connectivity index is 4.11. The van der Waals surface area contributed by atoms with Crippen molar-refractivity contribution in [3.8, 4) is 0 Å². The van der Waals surface area contributed by atoms with E-state index in [1.165, 1.54) is 7.11 Å². The molecule has 0 saturated carbocycles. The molecule has 1 unspecified atom stereocenters. The number of hydrogen-bond acceptors (Lipinski definition) is 4. The first-order chi connectivity index (χ1) is 9.01. The average Bonchev–Trinajstić information content (AvgIpc) is 2.36. The summed E-state index contributed by atoms with van der Waals surface area (Å²) in [7, 11) is 1.32. The Morgan fingerprint density at radius 1 is 1.16 bits per heavy atom. The zero-order chi connectivity index (χ0) is 14.7. The van der Waals surface area contributed by atoms with Crippen molar-refractivity contribution in [2.24, 2.45) is 5.92 Å². The number of alkyl carbamates (subject to hydrolysis) is 1. The molecule has 1 N–H and O–H groups in total. The van der Waals surface area contributed by atoms with Gasteiger partial charge in [-0.15, -0.1) is 0 Å². The van der Waals surface area contributed by atoms with E-state index in [-0.39, 0.29) is 0 Å². The van der Waals surface area contributed by atoms with Crippen molar-refractivity contribution in [2.75, 3.05) is 13.7 Å². The molecule has 0 aromatic rings. The van der Waals surface area contributed by atoms with Gasteiger partial charge in [-0.2, -0.15) is 0 Å². The van der Waals surface area contributed by atoms with E-state index >= 15 is 0 Å². The maximum Gasteiger partial charge on any atom is 0.407 e. The summed E-state index contributed by atoms with van der Waals surface area (Å²) in [6.45, 7) is 6.64. The van der Waals surface area contributed by atoms with Gasteiger partial charge in [0.2, 0.25) is 0 Å². The molecule has 0 radical (unpaired) electrons. The number of carbonyl (C=O) groups excluding carboxylic acids is 2. The molecule has 0 aromatic carbocycles. The van der Waals surface area contributed by atoms with E-state index in [2.05, 4.69) is 23.9 Å². The van der Waals surface area contributed by atoms with Gasteiger partial charge in [0.25, 0.3) is 0 Å². The van der Waals surface area contributed by atoms with Gasteiger partial charge in [-0.1, -0.05) is 40.0 Å². The number of ether oxygens (including phenoxy) is 2. The van der Waals surface area contributed by atoms with Crippen molar-refractivity contribution in [1.29, 1.82) is 0 Å². The van der Waals surface area contributed by atoms with E-state index in [0.717, 1.165) is 25.7 Å².